The van der Waals surface area contributed by atoms with E-state index in [0.717, 1.165) is 50.6 Å². The molecule has 348 valence electrons. The van der Waals surface area contributed by atoms with Crippen molar-refractivity contribution in [2.24, 2.45) is 17.8 Å². The average Bonchev–Trinajstić information content (AvgIpc) is 3.75. The number of hydrogen-bond donors (Lipinski definition) is 4. The number of hydrogen-bond acceptors (Lipinski definition) is 11. The van der Waals surface area contributed by atoms with E-state index in [9.17, 15) is 29.1 Å². The van der Waals surface area contributed by atoms with Gasteiger partial charge in [-0.15, -0.1) is 11.3 Å². The summed E-state index contributed by atoms with van der Waals surface area (Å²) in [4.78, 5) is 76.9. The van der Waals surface area contributed by atoms with Gasteiger partial charge < -0.3 is 40.3 Å². The molecule has 0 aliphatic carbocycles. The molecular weight excluding hydrogens is 811 g/mol. The predicted molar refractivity (Wildman–Crippen MR) is 243 cm³/mol. The summed E-state index contributed by atoms with van der Waals surface area (Å²) in [6.45, 7) is 16.9. The van der Waals surface area contributed by atoms with E-state index in [1.54, 1.807) is 50.7 Å². The summed E-state index contributed by atoms with van der Waals surface area (Å²) in [5, 5.41) is 21.3. The topological polar surface area (TPSA) is 183 Å². The number of nitrogens with zero attached hydrogens (tertiary/aromatic N) is 4. The molecule has 0 unspecified atom stereocenters. The van der Waals surface area contributed by atoms with Crippen molar-refractivity contribution in [2.45, 2.75) is 137 Å². The number of benzene rings is 1. The standard InChI is InChI=1S/C46H75N7O8S/c1-11-22-53(44(56)40(31(6)13-3)50-42(55)37-16-14-15-23-51(37)9)38(30(4)5)28-39(60-25-12-2)43-49-36(29-62-43)41(54)48-34(26-32(7)45(57)58)27-33-17-19-35(20-18-33)61-46(59)52(10)24-21-47-8/h17-20,29-32,34,37-40,47H,11-16,21-28H2,1-10H3,(H,48,54)(H,50,55)(H,57,58)/t31-,32-,34+,37+,38+,39+,40-/m0/s1. The van der Waals surface area contributed by atoms with Crippen molar-refractivity contribution in [3.05, 3.63) is 45.9 Å². The van der Waals surface area contributed by atoms with Crippen LogP contribution >= 0.6 is 11.3 Å². The van der Waals surface area contributed by atoms with E-state index in [4.69, 9.17) is 14.5 Å². The summed E-state index contributed by atoms with van der Waals surface area (Å²) in [6.07, 6.45) is 5.01. The molecule has 4 N–H and O–H groups in total. The number of carbonyl (C=O) groups is 5. The smallest absolute Gasteiger partial charge is 0.415 e. The molecule has 0 spiro atoms. The van der Waals surface area contributed by atoms with Crippen LogP contribution in [-0.2, 0) is 25.5 Å². The second kappa shape index (κ2) is 26.5. The van der Waals surface area contributed by atoms with Gasteiger partial charge in [0.1, 0.15) is 28.6 Å². The Labute approximate surface area is 374 Å². The number of likely N-dealkylation sites (N-methyl/N-ethyl adjacent to an activating group) is 3. The molecule has 1 fully saturated rings. The molecule has 1 aliphatic rings. The lowest BCUT2D eigenvalue weighted by molar-refractivity contribution is -0.143. The van der Waals surface area contributed by atoms with Crippen LogP contribution in [-0.4, -0.2) is 133 Å². The Hall–Kier alpha value is -4.12. The molecule has 0 radical (unpaired) electrons. The van der Waals surface area contributed by atoms with Crippen LogP contribution in [0.1, 0.15) is 127 Å². The maximum Gasteiger partial charge on any atom is 0.415 e. The zero-order valence-corrected chi connectivity index (χ0v) is 39.7. The van der Waals surface area contributed by atoms with Gasteiger partial charge in [0.2, 0.25) is 11.8 Å². The van der Waals surface area contributed by atoms with Crippen LogP contribution in [0, 0.1) is 17.8 Å². The van der Waals surface area contributed by atoms with Gasteiger partial charge in [0, 0.05) is 57.2 Å². The van der Waals surface area contributed by atoms with Gasteiger partial charge in [0.25, 0.3) is 5.91 Å². The Kier molecular flexibility index (Phi) is 22.3. The number of aromatic nitrogens is 1. The Morgan fingerprint density at radius 3 is 2.29 bits per heavy atom. The normalized spacial score (nSPS) is 17.3. The average molecular weight is 886 g/mol. The fourth-order valence-electron chi connectivity index (χ4n) is 7.72. The van der Waals surface area contributed by atoms with Crippen LogP contribution in [0.5, 0.6) is 5.75 Å². The molecule has 62 heavy (non-hydrogen) atoms. The molecule has 1 aromatic heterocycles. The lowest BCUT2D eigenvalue weighted by Gasteiger charge is -2.40. The maximum absolute atomic E-state index is 14.7. The highest BCUT2D eigenvalue weighted by Gasteiger charge is 2.38. The molecule has 15 nitrogen and oxygen atoms in total. The quantitative estimate of drug-likeness (QED) is 0.0823. The molecule has 3 rings (SSSR count). The highest BCUT2D eigenvalue weighted by molar-refractivity contribution is 7.09. The molecule has 0 saturated carbocycles. The summed E-state index contributed by atoms with van der Waals surface area (Å²) in [5.41, 5.74) is 1.02. The van der Waals surface area contributed by atoms with Crippen LogP contribution in [0.25, 0.3) is 0 Å². The number of carboxylic acid groups (broad SMARTS) is 1. The SMILES string of the molecule is CCCO[C@H](C[C@H](C(C)C)N(CCC)C(=O)[C@@H](NC(=O)[C@H]1CCCCN1C)[C@@H](C)CC)c1nc(C(=O)N[C@@H](Cc2ccc(OC(=O)N(C)CCNC)cc2)C[C@H](C)C(=O)O)cs1. The molecule has 1 aliphatic heterocycles. The number of ether oxygens (including phenoxy) is 2. The third-order valence-electron chi connectivity index (χ3n) is 11.8. The minimum absolute atomic E-state index is 0.0431. The van der Waals surface area contributed by atoms with Gasteiger partial charge in [0.05, 0.1) is 12.0 Å². The van der Waals surface area contributed by atoms with Crippen LogP contribution < -0.4 is 20.7 Å². The maximum atomic E-state index is 14.7. The van der Waals surface area contributed by atoms with Crippen LogP contribution in [0.2, 0.25) is 0 Å². The Balaban J connectivity index is 1.83. The molecule has 16 heteroatoms. The van der Waals surface area contributed by atoms with Crippen molar-refractivity contribution in [3.63, 3.8) is 0 Å². The summed E-state index contributed by atoms with van der Waals surface area (Å²) in [7, 11) is 5.44. The van der Waals surface area contributed by atoms with E-state index in [2.05, 4.69) is 34.7 Å². The van der Waals surface area contributed by atoms with E-state index >= 15 is 0 Å². The molecule has 7 atom stereocenters. The third kappa shape index (κ3) is 15.9. The van der Waals surface area contributed by atoms with Gasteiger partial charge >= 0.3 is 12.1 Å². The first kappa shape index (κ1) is 52.2. The zero-order valence-electron chi connectivity index (χ0n) is 38.9. The molecule has 2 aromatic rings. The molecule has 2 heterocycles. The Morgan fingerprint density at radius 2 is 1.69 bits per heavy atom. The number of nitrogens with one attached hydrogen (secondary N) is 3. The molecule has 1 saturated heterocycles. The Bertz CT molecular complexity index is 1710. The zero-order chi connectivity index (χ0) is 45.9. The van der Waals surface area contributed by atoms with Crippen LogP contribution in [0.3, 0.4) is 0 Å². The second-order valence-electron chi connectivity index (χ2n) is 17.3. The second-order valence-corrected chi connectivity index (χ2v) is 18.1. The van der Waals surface area contributed by atoms with E-state index in [-0.39, 0.29) is 47.8 Å². The van der Waals surface area contributed by atoms with Gasteiger partial charge in [-0.1, -0.05) is 73.4 Å². The number of aliphatic carboxylic acids is 1. The van der Waals surface area contributed by atoms with E-state index in [1.165, 1.54) is 16.2 Å². The summed E-state index contributed by atoms with van der Waals surface area (Å²) >= 11 is 1.32. The monoisotopic (exact) mass is 886 g/mol. The van der Waals surface area contributed by atoms with E-state index in [1.807, 2.05) is 39.6 Å². The van der Waals surface area contributed by atoms with E-state index in [0.29, 0.717) is 49.8 Å². The number of piperidine rings is 1. The van der Waals surface area contributed by atoms with Gasteiger partial charge in [-0.05, 0) is 88.7 Å². The fourth-order valence-corrected chi connectivity index (χ4v) is 8.58. The Morgan fingerprint density at radius 1 is 0.984 bits per heavy atom. The van der Waals surface area contributed by atoms with Gasteiger partial charge in [-0.3, -0.25) is 24.1 Å². The molecular formula is C46H75N7O8S. The highest BCUT2D eigenvalue weighted by Crippen LogP contribution is 2.32. The first-order valence-corrected chi connectivity index (χ1v) is 23.5. The third-order valence-corrected chi connectivity index (χ3v) is 12.7. The fraction of sp³-hybridized carbons (Fsp3) is 0.696. The molecule has 4 amide bonds. The number of carboxylic acids is 1. The molecule has 1 aromatic carbocycles. The van der Waals surface area contributed by atoms with Gasteiger partial charge in [-0.2, -0.15) is 0 Å². The van der Waals surface area contributed by atoms with Gasteiger partial charge in [-0.25, -0.2) is 9.78 Å². The summed E-state index contributed by atoms with van der Waals surface area (Å²) in [6, 6.07) is 5.23. The summed E-state index contributed by atoms with van der Waals surface area (Å²) in [5.74, 6) is -1.98. The first-order valence-electron chi connectivity index (χ1n) is 22.6. The van der Waals surface area contributed by atoms with Crippen LogP contribution in [0.4, 0.5) is 4.79 Å². The molecule has 0 bridgehead atoms. The van der Waals surface area contributed by atoms with Crippen molar-refractivity contribution < 1.29 is 38.6 Å². The number of likely N-dealkylation sites (tertiary alicyclic amines) is 1. The van der Waals surface area contributed by atoms with Crippen molar-refractivity contribution in [1.82, 2.24) is 35.6 Å². The van der Waals surface area contributed by atoms with Crippen molar-refractivity contribution in [1.29, 1.82) is 0 Å². The largest absolute Gasteiger partial charge is 0.481 e. The lowest BCUT2D eigenvalue weighted by Crippen LogP contribution is -2.58. The predicted octanol–water partition coefficient (Wildman–Crippen LogP) is 6.38. The summed E-state index contributed by atoms with van der Waals surface area (Å²) < 4.78 is 11.9. The minimum Gasteiger partial charge on any atom is -0.481 e. The van der Waals surface area contributed by atoms with Crippen molar-refractivity contribution >= 4 is 41.1 Å². The van der Waals surface area contributed by atoms with Crippen molar-refractivity contribution in [2.75, 3.05) is 53.9 Å². The lowest BCUT2D eigenvalue weighted by atomic mass is 9.92. The van der Waals surface area contributed by atoms with Gasteiger partial charge in [0.15, 0.2) is 0 Å². The highest BCUT2D eigenvalue weighted by atomic mass is 32.1. The van der Waals surface area contributed by atoms with E-state index < -0.39 is 42.1 Å². The van der Waals surface area contributed by atoms with Crippen molar-refractivity contribution in [3.8, 4) is 5.75 Å². The minimum atomic E-state index is -0.967. The number of rotatable bonds is 26. The number of amides is 4. The first-order chi connectivity index (χ1) is 29.5. The van der Waals surface area contributed by atoms with Crippen LogP contribution in [0.15, 0.2) is 29.6 Å². The number of thiazole rings is 1. The number of carbonyl (C=O) groups excluding carboxylic acids is 4.